The molecule has 0 spiro atoms. The third kappa shape index (κ3) is 4.20. The molecule has 1 amide bonds. The number of carbonyl (C=O) groups excluding carboxylic acids is 1. The summed E-state index contributed by atoms with van der Waals surface area (Å²) >= 11 is 0. The fourth-order valence-electron chi connectivity index (χ4n) is 2.58. The number of carbonyl (C=O) groups is 1. The highest BCUT2D eigenvalue weighted by Gasteiger charge is 2.31. The van der Waals surface area contributed by atoms with Gasteiger partial charge in [0.1, 0.15) is 0 Å². The van der Waals surface area contributed by atoms with Crippen molar-refractivity contribution in [3.05, 3.63) is 35.4 Å². The smallest absolute Gasteiger partial charge is 0.341 e. The van der Waals surface area contributed by atoms with Crippen LogP contribution in [0.15, 0.2) is 24.3 Å². The fraction of sp³-hybridized carbons (Fsp3) is 0.533. The van der Waals surface area contributed by atoms with Gasteiger partial charge >= 0.3 is 6.18 Å². The second kappa shape index (κ2) is 6.47. The van der Waals surface area contributed by atoms with E-state index in [2.05, 4.69) is 5.32 Å². The van der Waals surface area contributed by atoms with Crippen molar-refractivity contribution in [3.8, 4) is 0 Å². The van der Waals surface area contributed by atoms with Crippen LogP contribution in [0, 0.1) is 5.92 Å². The molecule has 1 aliphatic rings. The number of hydrogen-bond acceptors (Lipinski definition) is 2. The van der Waals surface area contributed by atoms with Gasteiger partial charge in [0.15, 0.2) is 0 Å². The summed E-state index contributed by atoms with van der Waals surface area (Å²) in [5.74, 6) is 0.0469. The Bertz CT molecular complexity index is 496. The largest absolute Gasteiger partial charge is 0.416 e. The van der Waals surface area contributed by atoms with Crippen molar-refractivity contribution in [2.75, 3.05) is 26.7 Å². The zero-order chi connectivity index (χ0) is 15.5. The molecule has 1 fully saturated rings. The molecule has 0 aromatic heterocycles. The summed E-state index contributed by atoms with van der Waals surface area (Å²) in [6.45, 7) is 2.43. The molecule has 116 valence electrons. The number of hydrogen-bond donors (Lipinski definition) is 1. The van der Waals surface area contributed by atoms with Crippen molar-refractivity contribution in [1.29, 1.82) is 0 Å². The molecule has 1 aromatic rings. The molecule has 0 saturated carbocycles. The van der Waals surface area contributed by atoms with Crippen molar-refractivity contribution < 1.29 is 18.0 Å². The van der Waals surface area contributed by atoms with Crippen molar-refractivity contribution >= 4 is 5.91 Å². The summed E-state index contributed by atoms with van der Waals surface area (Å²) < 4.78 is 38.0. The molecule has 21 heavy (non-hydrogen) atoms. The van der Waals surface area contributed by atoms with Crippen LogP contribution in [0.2, 0.25) is 0 Å². The van der Waals surface area contributed by atoms with Gasteiger partial charge in [-0.25, -0.2) is 0 Å². The number of alkyl halides is 3. The molecule has 1 saturated heterocycles. The van der Waals surface area contributed by atoms with E-state index in [0.717, 1.165) is 38.1 Å². The van der Waals surface area contributed by atoms with Crippen LogP contribution in [-0.2, 0) is 6.18 Å². The lowest BCUT2D eigenvalue weighted by molar-refractivity contribution is -0.137. The van der Waals surface area contributed by atoms with Gasteiger partial charge in [0.05, 0.1) is 5.56 Å². The number of halogens is 3. The zero-order valence-electron chi connectivity index (χ0n) is 11.9. The van der Waals surface area contributed by atoms with Gasteiger partial charge < -0.3 is 10.2 Å². The third-order valence-electron chi connectivity index (χ3n) is 3.77. The first-order valence-electron chi connectivity index (χ1n) is 7.01. The zero-order valence-corrected chi connectivity index (χ0v) is 11.9. The van der Waals surface area contributed by atoms with Crippen LogP contribution in [0.4, 0.5) is 13.2 Å². The molecule has 1 aromatic carbocycles. The van der Waals surface area contributed by atoms with Crippen LogP contribution in [-0.4, -0.2) is 37.5 Å². The highest BCUT2D eigenvalue weighted by molar-refractivity contribution is 5.94. The van der Waals surface area contributed by atoms with Gasteiger partial charge in [-0.05, 0) is 50.0 Å². The van der Waals surface area contributed by atoms with Crippen molar-refractivity contribution in [3.63, 3.8) is 0 Å². The first-order valence-corrected chi connectivity index (χ1v) is 7.01. The second-order valence-corrected chi connectivity index (χ2v) is 5.46. The molecule has 1 aliphatic heterocycles. The standard InChI is InChI=1S/C15H19F3N2O/c1-20(10-11-5-7-19-8-6-11)14(21)12-3-2-4-13(9-12)15(16,17)18/h2-4,9,11,19H,5-8,10H2,1H3. The molecule has 1 N–H and O–H groups in total. The van der Waals surface area contributed by atoms with Crippen molar-refractivity contribution in [2.45, 2.75) is 19.0 Å². The molecule has 6 heteroatoms. The van der Waals surface area contributed by atoms with Gasteiger partial charge in [-0.15, -0.1) is 0 Å². The topological polar surface area (TPSA) is 32.3 Å². The monoisotopic (exact) mass is 300 g/mol. The highest BCUT2D eigenvalue weighted by Crippen LogP contribution is 2.29. The molecular weight excluding hydrogens is 281 g/mol. The lowest BCUT2D eigenvalue weighted by Gasteiger charge is -2.27. The van der Waals surface area contributed by atoms with Crippen molar-refractivity contribution in [2.24, 2.45) is 5.92 Å². The summed E-state index contributed by atoms with van der Waals surface area (Å²) in [5, 5.41) is 3.24. The average molecular weight is 300 g/mol. The van der Waals surface area contributed by atoms with Gasteiger partial charge in [-0.2, -0.15) is 13.2 Å². The van der Waals surface area contributed by atoms with Crippen LogP contribution in [0.5, 0.6) is 0 Å². The van der Waals surface area contributed by atoms with Crippen molar-refractivity contribution in [1.82, 2.24) is 10.2 Å². The molecule has 0 unspecified atom stereocenters. The van der Waals surface area contributed by atoms with E-state index in [9.17, 15) is 18.0 Å². The SMILES string of the molecule is CN(CC1CCNCC1)C(=O)c1cccc(C(F)(F)F)c1. The summed E-state index contributed by atoms with van der Waals surface area (Å²) in [7, 11) is 1.64. The Morgan fingerprint density at radius 2 is 2.00 bits per heavy atom. The van der Waals surface area contributed by atoms with Crippen LogP contribution >= 0.6 is 0 Å². The van der Waals surface area contributed by atoms with E-state index in [-0.39, 0.29) is 11.5 Å². The lowest BCUT2D eigenvalue weighted by atomic mass is 9.97. The predicted molar refractivity (Wildman–Crippen MR) is 74.0 cm³/mol. The second-order valence-electron chi connectivity index (χ2n) is 5.46. The first kappa shape index (κ1) is 15.8. The van der Waals surface area contributed by atoms with E-state index in [1.165, 1.54) is 17.0 Å². The number of nitrogens with zero attached hydrogens (tertiary/aromatic N) is 1. The maximum atomic E-state index is 12.7. The van der Waals surface area contributed by atoms with Crippen LogP contribution in [0.1, 0.15) is 28.8 Å². The molecule has 0 atom stereocenters. The maximum absolute atomic E-state index is 12.7. The first-order chi connectivity index (χ1) is 9.88. The van der Waals surface area contributed by atoms with Gasteiger partial charge in [-0.3, -0.25) is 4.79 Å². The van der Waals surface area contributed by atoms with Gasteiger partial charge in [0, 0.05) is 19.2 Å². The summed E-state index contributed by atoms with van der Waals surface area (Å²) in [6, 6.07) is 4.59. The Labute approximate surface area is 122 Å². The van der Waals surface area contributed by atoms with Gasteiger partial charge in [-0.1, -0.05) is 6.07 Å². The van der Waals surface area contributed by atoms with E-state index in [0.29, 0.717) is 12.5 Å². The molecule has 1 heterocycles. The Morgan fingerprint density at radius 1 is 1.33 bits per heavy atom. The molecule has 0 aliphatic carbocycles. The molecule has 0 bridgehead atoms. The Morgan fingerprint density at radius 3 is 2.62 bits per heavy atom. The molecule has 0 radical (unpaired) electrons. The van der Waals surface area contributed by atoms with Gasteiger partial charge in [0.2, 0.25) is 0 Å². The molecule has 2 rings (SSSR count). The predicted octanol–water partition coefficient (Wildman–Crippen LogP) is 2.78. The van der Waals surface area contributed by atoms with Crippen LogP contribution < -0.4 is 5.32 Å². The number of nitrogens with one attached hydrogen (secondary N) is 1. The number of piperidine rings is 1. The molecular formula is C15H19F3N2O. The number of rotatable bonds is 3. The van der Waals surface area contributed by atoms with E-state index in [4.69, 9.17) is 0 Å². The number of benzene rings is 1. The van der Waals surface area contributed by atoms with Gasteiger partial charge in [0.25, 0.3) is 5.91 Å². The third-order valence-corrected chi connectivity index (χ3v) is 3.77. The van der Waals surface area contributed by atoms with E-state index < -0.39 is 11.7 Å². The quantitative estimate of drug-likeness (QED) is 0.931. The number of amides is 1. The van der Waals surface area contributed by atoms with Crippen LogP contribution in [0.25, 0.3) is 0 Å². The normalized spacial score (nSPS) is 16.8. The van der Waals surface area contributed by atoms with E-state index >= 15 is 0 Å². The van der Waals surface area contributed by atoms with Crippen LogP contribution in [0.3, 0.4) is 0 Å². The maximum Gasteiger partial charge on any atom is 0.416 e. The Balaban J connectivity index is 2.04. The summed E-state index contributed by atoms with van der Waals surface area (Å²) in [4.78, 5) is 13.8. The highest BCUT2D eigenvalue weighted by atomic mass is 19.4. The Kier molecular flexibility index (Phi) is 4.88. The average Bonchev–Trinajstić information content (AvgIpc) is 2.46. The fourth-order valence-corrected chi connectivity index (χ4v) is 2.58. The lowest BCUT2D eigenvalue weighted by Crippen LogP contribution is -2.37. The van der Waals surface area contributed by atoms with E-state index in [1.54, 1.807) is 7.05 Å². The summed E-state index contributed by atoms with van der Waals surface area (Å²) in [6.07, 6.45) is -2.45. The Hall–Kier alpha value is -1.56. The molecule has 3 nitrogen and oxygen atoms in total. The summed E-state index contributed by atoms with van der Waals surface area (Å²) in [5.41, 5.74) is -0.704. The van der Waals surface area contributed by atoms with E-state index in [1.807, 2.05) is 0 Å². The minimum absolute atomic E-state index is 0.0845. The minimum atomic E-state index is -4.43. The minimum Gasteiger partial charge on any atom is -0.341 e.